The molecule has 6 N–H and O–H groups in total. The second-order valence-corrected chi connectivity index (χ2v) is 15.6. The van der Waals surface area contributed by atoms with Gasteiger partial charge in [0.1, 0.15) is 18.7 Å². The third-order valence-electron chi connectivity index (χ3n) is 8.65. The summed E-state index contributed by atoms with van der Waals surface area (Å²) in [6, 6.07) is 4.14. The monoisotopic (exact) mass is 714 g/mol. The first-order valence-corrected chi connectivity index (χ1v) is 17.7. The Bertz CT molecular complexity index is 1400. The molecule has 2 rings (SSSR count). The number of carbonyl (C=O) groups is 7. The van der Waals surface area contributed by atoms with E-state index in [1.54, 1.807) is 58.9 Å². The van der Waals surface area contributed by atoms with Gasteiger partial charge in [-0.1, -0.05) is 53.2 Å². The molecule has 14 heteroatoms. The Hall–Kier alpha value is -4.49. The number of hydrogen-bond acceptors (Lipinski definition) is 8. The molecule has 1 saturated heterocycles. The first kappa shape index (κ1) is 42.7. The fraction of sp³-hybridized carbons (Fsp3) is 0.649. The lowest BCUT2D eigenvalue weighted by atomic mass is 9.80. The summed E-state index contributed by atoms with van der Waals surface area (Å²) in [6.07, 6.45) is 2.59. The fourth-order valence-electron chi connectivity index (χ4n) is 5.43. The third kappa shape index (κ3) is 14.3. The molecule has 0 spiro atoms. The molecule has 1 heterocycles. The van der Waals surface area contributed by atoms with Crippen molar-refractivity contribution in [3.8, 4) is 0 Å². The standard InChI is InChI=1S/C37H58N6O8/c1-23(2)30(42-28(44)14-10-9-11-20-43-29(45)21-26(33(43)48)36(3,4)5)32(47)41-27(13-12-19-39-35(38)50)31(46)40-25-17-15-24(16-18-25)22-51-34(49)37(6,7)8/h15-18,23,26-27,30H,9-14,19-22H2,1-8H3,(H,40,46)(H,41,47)(H,42,44)(H3,38,39,50)/t26?,27-,30-/m0/s1. The number of ether oxygens (including phenoxy) is 1. The van der Waals surface area contributed by atoms with E-state index < -0.39 is 35.3 Å². The van der Waals surface area contributed by atoms with Crippen LogP contribution in [0.4, 0.5) is 10.5 Å². The Kier molecular flexibility index (Phi) is 16.1. The highest BCUT2D eigenvalue weighted by atomic mass is 16.5. The highest BCUT2D eigenvalue weighted by Gasteiger charge is 2.44. The maximum atomic E-state index is 13.4. The molecule has 1 fully saturated rings. The van der Waals surface area contributed by atoms with Gasteiger partial charge in [-0.05, 0) is 75.5 Å². The molecular weight excluding hydrogens is 656 g/mol. The molecule has 1 unspecified atom stereocenters. The van der Waals surface area contributed by atoms with Crippen LogP contribution in [0.5, 0.6) is 0 Å². The number of urea groups is 1. The number of amides is 7. The van der Waals surface area contributed by atoms with Crippen LogP contribution in [0.3, 0.4) is 0 Å². The van der Waals surface area contributed by atoms with Crippen molar-refractivity contribution in [3.63, 3.8) is 0 Å². The molecular formula is C37H58N6O8. The van der Waals surface area contributed by atoms with Crippen LogP contribution >= 0.6 is 0 Å². The van der Waals surface area contributed by atoms with E-state index in [0.29, 0.717) is 37.9 Å². The summed E-state index contributed by atoms with van der Waals surface area (Å²) in [5.74, 6) is -2.60. The van der Waals surface area contributed by atoms with Crippen LogP contribution in [0, 0.1) is 22.7 Å². The van der Waals surface area contributed by atoms with Gasteiger partial charge in [0.15, 0.2) is 0 Å². The fourth-order valence-corrected chi connectivity index (χ4v) is 5.43. The van der Waals surface area contributed by atoms with Crippen molar-refractivity contribution in [1.29, 1.82) is 0 Å². The minimum atomic E-state index is -0.994. The minimum Gasteiger partial charge on any atom is -0.460 e. The number of anilines is 1. The van der Waals surface area contributed by atoms with Crippen LogP contribution in [0.2, 0.25) is 0 Å². The summed E-state index contributed by atoms with van der Waals surface area (Å²) in [5, 5.41) is 10.8. The zero-order valence-corrected chi connectivity index (χ0v) is 31.5. The van der Waals surface area contributed by atoms with Crippen molar-refractivity contribution in [3.05, 3.63) is 29.8 Å². The molecule has 0 aromatic heterocycles. The lowest BCUT2D eigenvalue weighted by molar-refractivity contribution is -0.154. The number of nitrogens with two attached hydrogens (primary N) is 1. The molecule has 0 aliphatic carbocycles. The predicted octanol–water partition coefficient (Wildman–Crippen LogP) is 3.77. The van der Waals surface area contributed by atoms with Crippen LogP contribution in [-0.4, -0.2) is 71.6 Å². The zero-order chi connectivity index (χ0) is 38.5. The number of likely N-dealkylation sites (tertiary alicyclic amines) is 1. The molecule has 284 valence electrons. The van der Waals surface area contributed by atoms with Gasteiger partial charge in [-0.15, -0.1) is 0 Å². The largest absolute Gasteiger partial charge is 0.460 e. The van der Waals surface area contributed by atoms with E-state index in [4.69, 9.17) is 10.5 Å². The normalized spacial score (nSPS) is 16.0. The first-order chi connectivity index (χ1) is 23.7. The Balaban J connectivity index is 1.95. The number of hydrogen-bond donors (Lipinski definition) is 5. The van der Waals surface area contributed by atoms with Gasteiger partial charge in [-0.2, -0.15) is 0 Å². The molecule has 7 amide bonds. The maximum absolute atomic E-state index is 13.4. The smallest absolute Gasteiger partial charge is 0.312 e. The number of unbranched alkanes of at least 4 members (excludes halogenated alkanes) is 2. The molecule has 14 nitrogen and oxygen atoms in total. The molecule has 0 saturated carbocycles. The molecule has 1 aliphatic rings. The van der Waals surface area contributed by atoms with Crippen LogP contribution < -0.4 is 27.0 Å². The minimum absolute atomic E-state index is 0.0802. The molecule has 1 aromatic rings. The number of esters is 1. The average Bonchev–Trinajstić information content (AvgIpc) is 3.32. The van der Waals surface area contributed by atoms with Crippen LogP contribution in [0.1, 0.15) is 106 Å². The van der Waals surface area contributed by atoms with E-state index in [0.717, 1.165) is 5.56 Å². The van der Waals surface area contributed by atoms with Gasteiger partial charge in [-0.3, -0.25) is 33.7 Å². The zero-order valence-electron chi connectivity index (χ0n) is 31.5. The topological polar surface area (TPSA) is 206 Å². The summed E-state index contributed by atoms with van der Waals surface area (Å²) in [5.41, 5.74) is 5.43. The highest BCUT2D eigenvalue weighted by molar-refractivity contribution is 6.04. The van der Waals surface area contributed by atoms with Gasteiger partial charge in [0.25, 0.3) is 0 Å². The van der Waals surface area contributed by atoms with Crippen molar-refractivity contribution >= 4 is 47.2 Å². The average molecular weight is 715 g/mol. The lowest BCUT2D eigenvalue weighted by Crippen LogP contribution is -2.54. The number of nitrogens with one attached hydrogen (secondary N) is 4. The summed E-state index contributed by atoms with van der Waals surface area (Å²) in [6.45, 7) is 15.3. The Morgan fingerprint density at radius 3 is 2.10 bits per heavy atom. The summed E-state index contributed by atoms with van der Waals surface area (Å²) >= 11 is 0. The number of imide groups is 1. The van der Waals surface area contributed by atoms with E-state index in [1.165, 1.54) is 4.90 Å². The molecule has 3 atom stereocenters. The molecule has 0 bridgehead atoms. The molecule has 1 aromatic carbocycles. The van der Waals surface area contributed by atoms with Crippen LogP contribution in [-0.2, 0) is 40.1 Å². The first-order valence-electron chi connectivity index (χ1n) is 17.7. The SMILES string of the molecule is CC(C)[C@H](NC(=O)CCCCCN1C(=O)CC(C(C)(C)C)C1=O)C(=O)N[C@@H](CCCNC(N)=O)C(=O)Nc1ccc(COC(=O)C(C)(C)C)cc1. The molecule has 0 radical (unpaired) electrons. The quantitative estimate of drug-likeness (QED) is 0.0858. The van der Waals surface area contributed by atoms with Crippen molar-refractivity contribution in [2.45, 2.75) is 119 Å². The van der Waals surface area contributed by atoms with E-state index in [2.05, 4.69) is 21.3 Å². The number of carbonyl (C=O) groups excluding carboxylic acids is 7. The Morgan fingerprint density at radius 1 is 0.902 bits per heavy atom. The van der Waals surface area contributed by atoms with Crippen LogP contribution in [0.25, 0.3) is 0 Å². The van der Waals surface area contributed by atoms with Gasteiger partial charge < -0.3 is 31.7 Å². The highest BCUT2D eigenvalue weighted by Crippen LogP contribution is 2.35. The predicted molar refractivity (Wildman–Crippen MR) is 193 cm³/mol. The summed E-state index contributed by atoms with van der Waals surface area (Å²) in [4.78, 5) is 89.3. The second kappa shape index (κ2) is 19.2. The Labute approximate surface area is 301 Å². The number of rotatable bonds is 18. The van der Waals surface area contributed by atoms with Crippen LogP contribution in [0.15, 0.2) is 24.3 Å². The number of nitrogens with zero attached hydrogens (tertiary/aromatic N) is 1. The number of benzene rings is 1. The van der Waals surface area contributed by atoms with Gasteiger partial charge in [0, 0.05) is 31.6 Å². The lowest BCUT2D eigenvalue weighted by Gasteiger charge is -2.25. The van der Waals surface area contributed by atoms with E-state index in [9.17, 15) is 33.6 Å². The second-order valence-electron chi connectivity index (χ2n) is 15.6. The maximum Gasteiger partial charge on any atom is 0.312 e. The van der Waals surface area contributed by atoms with Crippen molar-refractivity contribution in [2.24, 2.45) is 28.4 Å². The van der Waals surface area contributed by atoms with Gasteiger partial charge in [0.05, 0.1) is 11.3 Å². The van der Waals surface area contributed by atoms with Gasteiger partial charge in [0.2, 0.25) is 29.5 Å². The number of primary amides is 1. The third-order valence-corrected chi connectivity index (χ3v) is 8.65. The van der Waals surface area contributed by atoms with Crippen molar-refractivity contribution in [2.75, 3.05) is 18.4 Å². The van der Waals surface area contributed by atoms with E-state index in [1.807, 2.05) is 20.8 Å². The van der Waals surface area contributed by atoms with Crippen molar-refractivity contribution in [1.82, 2.24) is 20.9 Å². The summed E-state index contributed by atoms with van der Waals surface area (Å²) in [7, 11) is 0. The van der Waals surface area contributed by atoms with Crippen molar-refractivity contribution < 1.29 is 38.3 Å². The molecule has 51 heavy (non-hydrogen) atoms. The van der Waals surface area contributed by atoms with Gasteiger partial charge >= 0.3 is 12.0 Å². The van der Waals surface area contributed by atoms with E-state index in [-0.39, 0.29) is 73.4 Å². The van der Waals surface area contributed by atoms with Gasteiger partial charge in [-0.25, -0.2) is 4.79 Å². The molecule has 1 aliphatic heterocycles. The van der Waals surface area contributed by atoms with E-state index >= 15 is 0 Å². The Morgan fingerprint density at radius 2 is 1.55 bits per heavy atom. The summed E-state index contributed by atoms with van der Waals surface area (Å²) < 4.78 is 5.34.